The Bertz CT molecular complexity index is 817. The Hall–Kier alpha value is -1.68. The Kier molecular flexibility index (Phi) is 4.30. The van der Waals surface area contributed by atoms with Crippen LogP contribution in [-0.4, -0.2) is 21.2 Å². The van der Waals surface area contributed by atoms with Crippen LogP contribution in [0, 0.1) is 8.78 Å². The Labute approximate surface area is 140 Å². The van der Waals surface area contributed by atoms with Crippen molar-refractivity contribution in [3.63, 3.8) is 0 Å². The Morgan fingerprint density at radius 1 is 1.32 bits per heavy atom. The molecule has 114 valence electrons. The lowest BCUT2D eigenvalue weighted by atomic mass is 10.1. The van der Waals surface area contributed by atoms with Crippen LogP contribution in [0.4, 0.5) is 5.69 Å². The zero-order chi connectivity index (χ0) is 15.7. The molecule has 0 aliphatic rings. The number of nitrogens with one attached hydrogen (secondary N) is 1. The number of nitrogens with zero attached hydrogens (tertiary/aromatic N) is 2. The van der Waals surface area contributed by atoms with Crippen LogP contribution in [0.3, 0.4) is 0 Å². The molecule has 0 saturated carbocycles. The molecule has 3 rings (SSSR count). The molecule has 1 aromatic carbocycles. The van der Waals surface area contributed by atoms with Gasteiger partial charge in [0.2, 0.25) is 5.69 Å². The number of halogens is 1. The summed E-state index contributed by atoms with van der Waals surface area (Å²) in [7, 11) is 0. The third kappa shape index (κ3) is 2.93. The highest BCUT2D eigenvalue weighted by molar-refractivity contribution is 14.1. The van der Waals surface area contributed by atoms with E-state index in [1.165, 1.54) is 0 Å². The van der Waals surface area contributed by atoms with Gasteiger partial charge in [-0.3, -0.25) is 0 Å². The van der Waals surface area contributed by atoms with Gasteiger partial charge in [-0.1, -0.05) is 0 Å². The molecule has 22 heavy (non-hydrogen) atoms. The first kappa shape index (κ1) is 15.2. The summed E-state index contributed by atoms with van der Waals surface area (Å²) in [4.78, 5) is 4.53. The van der Waals surface area contributed by atoms with E-state index in [1.54, 1.807) is 12.1 Å². The number of pyridine rings is 1. The first-order valence-electron chi connectivity index (χ1n) is 6.73. The van der Waals surface area contributed by atoms with E-state index in [1.807, 2.05) is 41.9 Å². The number of quaternary nitrogens is 1. The highest BCUT2D eigenvalue weighted by Gasteiger charge is 2.14. The van der Waals surface area contributed by atoms with Crippen LogP contribution >= 0.6 is 22.6 Å². The zero-order valence-electron chi connectivity index (χ0n) is 11.8. The first-order valence-corrected chi connectivity index (χ1v) is 7.81. The number of imidazole rings is 1. The highest BCUT2D eigenvalue weighted by Crippen LogP contribution is 2.28. The quantitative estimate of drug-likeness (QED) is 0.511. The number of hydrogen-bond donors (Lipinski definition) is 2. The van der Waals surface area contributed by atoms with Crippen molar-refractivity contribution < 1.29 is 15.2 Å². The Morgan fingerprint density at radius 2 is 2.14 bits per heavy atom. The number of ether oxygens (including phenoxy) is 1. The van der Waals surface area contributed by atoms with E-state index >= 15 is 0 Å². The molecule has 0 spiro atoms. The van der Waals surface area contributed by atoms with Crippen molar-refractivity contribution in [2.24, 2.45) is 0 Å². The lowest BCUT2D eigenvalue weighted by Crippen LogP contribution is -2.99. The van der Waals surface area contributed by atoms with E-state index in [2.05, 4.69) is 27.6 Å². The van der Waals surface area contributed by atoms with Crippen molar-refractivity contribution in [1.29, 1.82) is 0 Å². The van der Waals surface area contributed by atoms with Crippen molar-refractivity contribution in [2.75, 3.05) is 6.61 Å². The summed E-state index contributed by atoms with van der Waals surface area (Å²) in [6.45, 7) is 2.25. The van der Waals surface area contributed by atoms with Crippen molar-refractivity contribution >= 4 is 33.9 Å². The van der Waals surface area contributed by atoms with E-state index in [-0.39, 0.29) is 5.69 Å². The molecule has 0 aliphatic carbocycles. The molecule has 6 nitrogen and oxygen atoms in total. The molecule has 1 atom stereocenters. The van der Waals surface area contributed by atoms with Crippen LogP contribution in [0.5, 0.6) is 5.75 Å². The molecule has 2 heterocycles. The lowest BCUT2D eigenvalue weighted by molar-refractivity contribution is -0.991. The molecule has 3 aromatic rings. The Balaban J connectivity index is 2.07. The molecule has 0 fully saturated rings. The minimum atomic E-state index is -1.01. The second-order valence-corrected chi connectivity index (χ2v) is 5.93. The largest absolute Gasteiger partial charge is 0.595 e. The summed E-state index contributed by atoms with van der Waals surface area (Å²) >= 11 is 2.24. The third-order valence-electron chi connectivity index (χ3n) is 3.22. The van der Waals surface area contributed by atoms with Crippen LogP contribution < -0.4 is 9.96 Å². The van der Waals surface area contributed by atoms with E-state index < -0.39 is 5.23 Å². The lowest BCUT2D eigenvalue weighted by Gasteiger charge is -2.16. The summed E-state index contributed by atoms with van der Waals surface area (Å²) in [5, 5.41) is 19.7. The number of hydrogen-bond acceptors (Lipinski definition) is 4. The predicted molar refractivity (Wildman–Crippen MR) is 90.3 cm³/mol. The van der Waals surface area contributed by atoms with Crippen LogP contribution in [0.15, 0.2) is 42.7 Å². The maximum atomic E-state index is 11.4. The molecule has 0 amide bonds. The molecule has 0 aliphatic heterocycles. The van der Waals surface area contributed by atoms with Crippen LogP contribution in [0.2, 0.25) is 0 Å². The van der Waals surface area contributed by atoms with Crippen LogP contribution in [0.1, 0.15) is 6.92 Å². The second-order valence-electron chi connectivity index (χ2n) is 4.69. The standard InChI is InChI=1S/C15H14IN3O3/c1-2-22-14-5-3-10(7-13(14)19(20)21)12-9-18-8-11(16)4-6-15(18)17-12/h3-9,19-20H,2H2,1H3. The van der Waals surface area contributed by atoms with Gasteiger partial charge in [-0.2, -0.15) is 5.23 Å². The van der Waals surface area contributed by atoms with E-state index in [4.69, 9.17) is 4.74 Å². The van der Waals surface area contributed by atoms with Gasteiger partial charge in [-0.05, 0) is 53.8 Å². The summed E-state index contributed by atoms with van der Waals surface area (Å²) < 4.78 is 8.38. The number of benzene rings is 1. The molecule has 7 heteroatoms. The van der Waals surface area contributed by atoms with Crippen molar-refractivity contribution in [2.45, 2.75) is 6.92 Å². The Morgan fingerprint density at radius 3 is 2.86 bits per heavy atom. The first-order chi connectivity index (χ1) is 10.6. The number of fused-ring (bicyclic) bond motifs is 1. The van der Waals surface area contributed by atoms with Crippen molar-refractivity contribution in [3.05, 3.63) is 51.5 Å². The van der Waals surface area contributed by atoms with Gasteiger partial charge >= 0.3 is 0 Å². The zero-order valence-corrected chi connectivity index (χ0v) is 13.9. The molecule has 2 N–H and O–H groups in total. The minimum Gasteiger partial charge on any atom is -0.595 e. The van der Waals surface area contributed by atoms with Gasteiger partial charge in [-0.15, -0.1) is 0 Å². The highest BCUT2D eigenvalue weighted by atomic mass is 127. The molecule has 1 unspecified atom stereocenters. The maximum Gasteiger partial charge on any atom is 0.206 e. The summed E-state index contributed by atoms with van der Waals surface area (Å²) in [6.07, 6.45) is 3.86. The second kappa shape index (κ2) is 6.21. The van der Waals surface area contributed by atoms with Gasteiger partial charge in [0.25, 0.3) is 0 Å². The van der Waals surface area contributed by atoms with E-state index in [0.29, 0.717) is 12.4 Å². The van der Waals surface area contributed by atoms with Crippen molar-refractivity contribution in [1.82, 2.24) is 9.38 Å². The average Bonchev–Trinajstić information content (AvgIpc) is 2.90. The van der Waals surface area contributed by atoms with Gasteiger partial charge in [0, 0.05) is 27.6 Å². The van der Waals surface area contributed by atoms with Gasteiger partial charge < -0.3 is 14.3 Å². The summed E-state index contributed by atoms with van der Waals surface area (Å²) in [5.74, 6) is 0.372. The fourth-order valence-electron chi connectivity index (χ4n) is 2.24. The molecule has 0 radical (unpaired) electrons. The molecular formula is C15H14IN3O3. The van der Waals surface area contributed by atoms with Gasteiger partial charge in [-0.25, -0.2) is 10.2 Å². The fraction of sp³-hybridized carbons (Fsp3) is 0.133. The maximum absolute atomic E-state index is 11.4. The molecule has 0 bridgehead atoms. The van der Waals surface area contributed by atoms with Gasteiger partial charge in [0.15, 0.2) is 5.75 Å². The molecule has 0 saturated heterocycles. The smallest absolute Gasteiger partial charge is 0.206 e. The van der Waals surface area contributed by atoms with Crippen LogP contribution in [0.25, 0.3) is 16.9 Å². The van der Waals surface area contributed by atoms with Crippen molar-refractivity contribution in [3.8, 4) is 17.0 Å². The molecular weight excluding hydrogens is 397 g/mol. The topological polar surface area (TPSA) is 74.3 Å². The number of rotatable bonds is 4. The van der Waals surface area contributed by atoms with Gasteiger partial charge in [0.1, 0.15) is 5.65 Å². The van der Waals surface area contributed by atoms with Gasteiger partial charge in [0.05, 0.1) is 12.3 Å². The monoisotopic (exact) mass is 411 g/mol. The SMILES string of the molecule is CCOc1ccc(-c2cn3cc(I)ccc3n2)cc1[NH+]([O-])O. The molecule has 2 aromatic heterocycles. The number of aromatic nitrogens is 2. The van der Waals surface area contributed by atoms with E-state index in [0.717, 1.165) is 20.5 Å². The fourth-order valence-corrected chi connectivity index (χ4v) is 2.72. The normalized spacial score (nSPS) is 12.5. The van der Waals surface area contributed by atoms with E-state index in [9.17, 15) is 10.4 Å². The minimum absolute atomic E-state index is 0.144. The summed E-state index contributed by atoms with van der Waals surface area (Å²) in [5.41, 5.74) is 2.44. The summed E-state index contributed by atoms with van der Waals surface area (Å²) in [6, 6.07) is 9.01. The van der Waals surface area contributed by atoms with Crippen LogP contribution in [-0.2, 0) is 0 Å². The average molecular weight is 411 g/mol. The predicted octanol–water partition coefficient (Wildman–Crippen LogP) is 2.41. The third-order valence-corrected chi connectivity index (χ3v) is 3.86.